The number of carbonyl (C=O) groups excluding carboxylic acids is 1. The lowest BCUT2D eigenvalue weighted by Gasteiger charge is -2.07. The second-order valence-corrected chi connectivity index (χ2v) is 5.15. The quantitative estimate of drug-likeness (QED) is 0.853. The van der Waals surface area contributed by atoms with Gasteiger partial charge in [-0.1, -0.05) is 23.4 Å². The number of hydrogen-bond donors (Lipinski definition) is 2. The lowest BCUT2D eigenvalue weighted by atomic mass is 10.1. The number of amides is 1. The molecule has 0 aliphatic rings. The molecule has 19 heavy (non-hydrogen) atoms. The van der Waals surface area contributed by atoms with Crippen molar-refractivity contribution in [1.29, 1.82) is 0 Å². The topological polar surface area (TPSA) is 82.0 Å². The molecule has 0 aliphatic heterocycles. The first-order chi connectivity index (χ1) is 8.97. The summed E-state index contributed by atoms with van der Waals surface area (Å²) >= 11 is 6.77. The fraction of sp³-hybridized carbons (Fsp3) is 0. The van der Waals surface area contributed by atoms with Crippen LogP contribution >= 0.6 is 23.4 Å². The average Bonchev–Trinajstić information content (AvgIpc) is 2.34. The van der Waals surface area contributed by atoms with Gasteiger partial charge >= 0.3 is 0 Å². The Bertz CT molecular complexity index is 634. The summed E-state index contributed by atoms with van der Waals surface area (Å²) in [7, 11) is 0. The van der Waals surface area contributed by atoms with Gasteiger partial charge in [-0.05, 0) is 24.3 Å². The predicted molar refractivity (Wildman–Crippen MR) is 72.7 cm³/mol. The molecule has 0 unspecified atom stereocenters. The number of anilines is 1. The number of rotatable bonds is 3. The normalized spacial score (nSPS) is 10.4. The second-order valence-electron chi connectivity index (χ2n) is 3.65. The molecule has 2 rings (SSSR count). The van der Waals surface area contributed by atoms with Crippen LogP contribution in [0.15, 0.2) is 40.4 Å². The van der Waals surface area contributed by atoms with E-state index in [2.05, 4.69) is 4.98 Å². The minimum absolute atomic E-state index is 0.0124. The molecule has 7 heteroatoms. The third-order valence-electron chi connectivity index (χ3n) is 2.28. The van der Waals surface area contributed by atoms with E-state index in [1.807, 2.05) is 0 Å². The van der Waals surface area contributed by atoms with Gasteiger partial charge in [-0.15, -0.1) is 0 Å². The Hall–Kier alpha value is -1.79. The lowest BCUT2D eigenvalue weighted by molar-refractivity contribution is 0.100. The highest BCUT2D eigenvalue weighted by atomic mass is 35.5. The number of hydrogen-bond acceptors (Lipinski definition) is 4. The molecule has 4 N–H and O–H groups in total. The Morgan fingerprint density at radius 1 is 1.37 bits per heavy atom. The van der Waals surface area contributed by atoms with Crippen LogP contribution in [0.25, 0.3) is 0 Å². The van der Waals surface area contributed by atoms with Gasteiger partial charge in [0, 0.05) is 11.9 Å². The van der Waals surface area contributed by atoms with Crippen molar-refractivity contribution >= 4 is 35.0 Å². The van der Waals surface area contributed by atoms with Gasteiger partial charge in [0.2, 0.25) is 0 Å². The molecule has 0 aliphatic carbocycles. The van der Waals surface area contributed by atoms with Crippen molar-refractivity contribution in [3.8, 4) is 0 Å². The SMILES string of the molecule is NC(=O)c1cc(Sc2ccc(Cl)cn2)c(F)cc1N. The molecular formula is C12H9ClFN3OS. The van der Waals surface area contributed by atoms with E-state index in [9.17, 15) is 9.18 Å². The molecule has 0 saturated carbocycles. The molecule has 0 atom stereocenters. The molecular weight excluding hydrogens is 289 g/mol. The number of nitrogen functional groups attached to an aromatic ring is 1. The molecule has 1 amide bonds. The van der Waals surface area contributed by atoms with Crippen LogP contribution in [-0.2, 0) is 0 Å². The number of aromatic nitrogens is 1. The van der Waals surface area contributed by atoms with Gasteiger partial charge < -0.3 is 11.5 Å². The molecule has 0 bridgehead atoms. The van der Waals surface area contributed by atoms with Crippen LogP contribution in [0.1, 0.15) is 10.4 Å². The highest BCUT2D eigenvalue weighted by Crippen LogP contribution is 2.31. The van der Waals surface area contributed by atoms with E-state index < -0.39 is 11.7 Å². The summed E-state index contributed by atoms with van der Waals surface area (Å²) in [5, 5.41) is 1.03. The fourth-order valence-electron chi connectivity index (χ4n) is 1.40. The Balaban J connectivity index is 2.37. The largest absolute Gasteiger partial charge is 0.398 e. The Morgan fingerprint density at radius 3 is 2.68 bits per heavy atom. The van der Waals surface area contributed by atoms with Gasteiger partial charge in [0.25, 0.3) is 5.91 Å². The number of halogens is 2. The van der Waals surface area contributed by atoms with Crippen LogP contribution in [0, 0.1) is 5.82 Å². The maximum atomic E-state index is 13.8. The van der Waals surface area contributed by atoms with Gasteiger partial charge in [-0.2, -0.15) is 0 Å². The Kier molecular flexibility index (Phi) is 3.92. The lowest BCUT2D eigenvalue weighted by Crippen LogP contribution is -2.14. The van der Waals surface area contributed by atoms with Crippen molar-refractivity contribution in [2.75, 3.05) is 5.73 Å². The minimum atomic E-state index is -0.705. The van der Waals surface area contributed by atoms with Gasteiger partial charge in [0.1, 0.15) is 10.8 Å². The van der Waals surface area contributed by atoms with E-state index in [4.69, 9.17) is 23.1 Å². The van der Waals surface area contributed by atoms with E-state index in [1.54, 1.807) is 12.1 Å². The molecule has 2 aromatic rings. The van der Waals surface area contributed by atoms with Crippen molar-refractivity contribution < 1.29 is 9.18 Å². The Morgan fingerprint density at radius 2 is 2.11 bits per heavy atom. The summed E-state index contributed by atoms with van der Waals surface area (Å²) in [6.45, 7) is 0. The second kappa shape index (κ2) is 5.46. The third kappa shape index (κ3) is 3.15. The number of nitrogens with two attached hydrogens (primary N) is 2. The average molecular weight is 298 g/mol. The summed E-state index contributed by atoms with van der Waals surface area (Å²) in [5.41, 5.74) is 10.8. The van der Waals surface area contributed by atoms with Crippen molar-refractivity contribution in [1.82, 2.24) is 4.98 Å². The zero-order valence-corrected chi connectivity index (χ0v) is 11.1. The first-order valence-corrected chi connectivity index (χ1v) is 6.35. The highest BCUT2D eigenvalue weighted by molar-refractivity contribution is 7.99. The van der Waals surface area contributed by atoms with Crippen LogP contribution in [0.2, 0.25) is 5.02 Å². The number of carbonyl (C=O) groups is 1. The highest BCUT2D eigenvalue weighted by Gasteiger charge is 2.13. The van der Waals surface area contributed by atoms with Gasteiger partial charge in [-0.3, -0.25) is 4.79 Å². The predicted octanol–water partition coefficient (Wildman–Crippen LogP) is 2.71. The smallest absolute Gasteiger partial charge is 0.250 e. The summed E-state index contributed by atoms with van der Waals surface area (Å²) in [4.78, 5) is 15.4. The van der Waals surface area contributed by atoms with Crippen LogP contribution in [0.4, 0.5) is 10.1 Å². The molecule has 1 heterocycles. The van der Waals surface area contributed by atoms with Crippen molar-refractivity contribution in [2.45, 2.75) is 9.92 Å². The van der Waals surface area contributed by atoms with Gasteiger partial charge in [0.05, 0.1) is 15.5 Å². The first-order valence-electron chi connectivity index (χ1n) is 5.15. The van der Waals surface area contributed by atoms with Gasteiger partial charge in [-0.25, -0.2) is 9.37 Å². The molecule has 1 aromatic heterocycles. The summed E-state index contributed by atoms with van der Waals surface area (Å²) in [6, 6.07) is 5.67. The molecule has 1 aromatic carbocycles. The molecule has 0 spiro atoms. The maximum absolute atomic E-state index is 13.8. The number of nitrogens with zero attached hydrogens (tertiary/aromatic N) is 1. The van der Waals surface area contributed by atoms with E-state index in [0.717, 1.165) is 17.8 Å². The monoisotopic (exact) mass is 297 g/mol. The zero-order valence-electron chi connectivity index (χ0n) is 9.56. The molecule has 0 fully saturated rings. The molecule has 98 valence electrons. The third-order valence-corrected chi connectivity index (χ3v) is 3.49. The van der Waals surface area contributed by atoms with Crippen LogP contribution in [-0.4, -0.2) is 10.9 Å². The first kappa shape index (κ1) is 13.6. The minimum Gasteiger partial charge on any atom is -0.398 e. The zero-order chi connectivity index (χ0) is 14.0. The fourth-order valence-corrected chi connectivity index (χ4v) is 2.31. The van der Waals surface area contributed by atoms with Crippen LogP contribution in [0.5, 0.6) is 0 Å². The maximum Gasteiger partial charge on any atom is 0.250 e. The molecule has 4 nitrogen and oxygen atoms in total. The Labute approximate surface area is 118 Å². The van der Waals surface area contributed by atoms with Crippen molar-refractivity contribution in [3.63, 3.8) is 0 Å². The number of benzene rings is 1. The molecule has 0 radical (unpaired) electrons. The van der Waals surface area contributed by atoms with Gasteiger partial charge in [0.15, 0.2) is 0 Å². The summed E-state index contributed by atoms with van der Waals surface area (Å²) < 4.78 is 13.8. The van der Waals surface area contributed by atoms with E-state index in [1.165, 1.54) is 12.3 Å². The van der Waals surface area contributed by atoms with Crippen LogP contribution in [0.3, 0.4) is 0 Å². The van der Waals surface area contributed by atoms with Crippen molar-refractivity contribution in [3.05, 3.63) is 46.9 Å². The summed E-state index contributed by atoms with van der Waals surface area (Å²) in [6.07, 6.45) is 1.45. The van der Waals surface area contributed by atoms with Crippen LogP contribution < -0.4 is 11.5 Å². The van der Waals surface area contributed by atoms with E-state index >= 15 is 0 Å². The number of pyridine rings is 1. The van der Waals surface area contributed by atoms with E-state index in [-0.39, 0.29) is 16.1 Å². The molecule has 0 saturated heterocycles. The standard InChI is InChI=1S/C12H9ClFN3OS/c13-6-1-2-11(17-5-6)19-10-3-7(12(16)18)9(15)4-8(10)14/h1-5H,15H2,(H2,16,18). The van der Waals surface area contributed by atoms with E-state index in [0.29, 0.717) is 10.0 Å². The van der Waals surface area contributed by atoms with Crippen molar-refractivity contribution in [2.24, 2.45) is 5.73 Å². The summed E-state index contributed by atoms with van der Waals surface area (Å²) in [5.74, 6) is -1.24. The number of primary amides is 1.